The van der Waals surface area contributed by atoms with Gasteiger partial charge in [-0.15, -0.1) is 0 Å². The smallest absolute Gasteiger partial charge is 0.336 e. The molecule has 0 aliphatic carbocycles. The third kappa shape index (κ3) is 3.95. The number of fused-ring (bicyclic) bond motifs is 1. The molecule has 2 heterocycles. The minimum Gasteiger partial charge on any atom is -0.504 e. The van der Waals surface area contributed by atoms with Crippen LogP contribution < -0.4 is 15.6 Å². The van der Waals surface area contributed by atoms with E-state index in [1.54, 1.807) is 32.9 Å². The fourth-order valence-electron chi connectivity index (χ4n) is 3.32. The second kappa shape index (κ2) is 8.60. The Morgan fingerprint density at radius 2 is 2.07 bits per heavy atom. The van der Waals surface area contributed by atoms with E-state index >= 15 is 0 Å². The van der Waals surface area contributed by atoms with Crippen molar-refractivity contribution >= 4 is 23.5 Å². The Kier molecular flexibility index (Phi) is 6.17. The summed E-state index contributed by atoms with van der Waals surface area (Å²) in [6.45, 7) is 5.83. The molecule has 1 aromatic heterocycles. The third-order valence-corrected chi connectivity index (χ3v) is 5.11. The van der Waals surface area contributed by atoms with Gasteiger partial charge < -0.3 is 24.9 Å². The van der Waals surface area contributed by atoms with Crippen molar-refractivity contribution in [1.29, 1.82) is 0 Å². The molecule has 8 nitrogen and oxygen atoms in total. The highest BCUT2D eigenvalue weighted by Gasteiger charge is 2.36. The number of allylic oxidation sites excluding steroid dienone is 1. The number of nitrogens with one attached hydrogen (secondary N) is 2. The zero-order valence-electron chi connectivity index (χ0n) is 16.7. The van der Waals surface area contributed by atoms with Crippen molar-refractivity contribution < 1.29 is 19.4 Å². The lowest BCUT2D eigenvalue weighted by Crippen LogP contribution is -2.31. The Labute approximate surface area is 172 Å². The molecule has 3 rings (SSSR count). The maximum Gasteiger partial charge on any atom is 0.336 e. The van der Waals surface area contributed by atoms with Crippen LogP contribution in [0.4, 0.5) is 5.82 Å². The number of nitrogens with zero attached hydrogens (tertiary/aromatic N) is 1. The number of ether oxygens (including phenoxy) is 2. The van der Waals surface area contributed by atoms with Gasteiger partial charge in [0.1, 0.15) is 5.82 Å². The molecule has 29 heavy (non-hydrogen) atoms. The van der Waals surface area contributed by atoms with E-state index < -0.39 is 11.9 Å². The Morgan fingerprint density at radius 3 is 2.72 bits per heavy atom. The van der Waals surface area contributed by atoms with Crippen molar-refractivity contribution in [3.8, 4) is 11.5 Å². The minimum atomic E-state index is -0.725. The molecular formula is C20H23N3O5S. The van der Waals surface area contributed by atoms with Gasteiger partial charge in [0.15, 0.2) is 16.7 Å². The molecular weight excluding hydrogens is 394 g/mol. The molecule has 0 bridgehead atoms. The van der Waals surface area contributed by atoms with Gasteiger partial charge in [-0.05, 0) is 44.7 Å². The van der Waals surface area contributed by atoms with Crippen LogP contribution in [0.5, 0.6) is 11.5 Å². The molecule has 0 saturated carbocycles. The van der Waals surface area contributed by atoms with Gasteiger partial charge in [-0.3, -0.25) is 4.79 Å². The van der Waals surface area contributed by atoms with Crippen molar-refractivity contribution in [3.05, 3.63) is 50.9 Å². The van der Waals surface area contributed by atoms with Gasteiger partial charge >= 0.3 is 5.97 Å². The molecule has 154 valence electrons. The second-order valence-electron chi connectivity index (χ2n) is 6.31. The number of phenolic OH excluding ortho intramolecular Hbond substituents is 1. The standard InChI is InChI=1S/C20H23N3O5S/c1-5-27-13-9-11(7-8-12(13)24)15-14(19(26)28-6-2)10(3)21-17-16(15)18(25)23-20(22-17)29-4/h7-9,15,24H,5-6H2,1-4H3,(H2,21,22,23,25). The van der Waals surface area contributed by atoms with Crippen molar-refractivity contribution in [2.45, 2.75) is 31.8 Å². The molecule has 0 radical (unpaired) electrons. The van der Waals surface area contributed by atoms with Gasteiger partial charge in [0, 0.05) is 5.70 Å². The number of benzene rings is 1. The first-order chi connectivity index (χ1) is 13.9. The number of anilines is 1. The average Bonchev–Trinajstić information content (AvgIpc) is 2.68. The van der Waals surface area contributed by atoms with E-state index in [4.69, 9.17) is 9.47 Å². The van der Waals surface area contributed by atoms with Gasteiger partial charge in [-0.2, -0.15) is 0 Å². The number of rotatable bonds is 6. The monoisotopic (exact) mass is 417 g/mol. The number of hydrogen-bond donors (Lipinski definition) is 3. The Morgan fingerprint density at radius 1 is 1.31 bits per heavy atom. The number of aromatic hydroxyl groups is 1. The minimum absolute atomic E-state index is 0.0205. The number of carbonyl (C=O) groups is 1. The number of aromatic amines is 1. The van der Waals surface area contributed by atoms with Crippen LogP contribution in [0.3, 0.4) is 0 Å². The predicted molar refractivity (Wildman–Crippen MR) is 111 cm³/mol. The number of carbonyl (C=O) groups excluding carboxylic acids is 1. The first-order valence-corrected chi connectivity index (χ1v) is 10.4. The molecule has 3 N–H and O–H groups in total. The van der Waals surface area contributed by atoms with Crippen LogP contribution in [0.1, 0.15) is 37.8 Å². The molecule has 0 amide bonds. The van der Waals surface area contributed by atoms with E-state index in [9.17, 15) is 14.7 Å². The first kappa shape index (κ1) is 20.8. The normalized spacial score (nSPS) is 15.5. The zero-order valence-corrected chi connectivity index (χ0v) is 17.5. The maximum absolute atomic E-state index is 12.9. The molecule has 1 aliphatic heterocycles. The number of H-pyrrole nitrogens is 1. The summed E-state index contributed by atoms with van der Waals surface area (Å²) in [4.78, 5) is 32.9. The predicted octanol–water partition coefficient (Wildman–Crippen LogP) is 2.99. The number of esters is 1. The topological polar surface area (TPSA) is 114 Å². The molecule has 9 heteroatoms. The molecule has 0 spiro atoms. The lowest BCUT2D eigenvalue weighted by molar-refractivity contribution is -0.138. The summed E-state index contributed by atoms with van der Waals surface area (Å²) in [5, 5.41) is 13.6. The first-order valence-electron chi connectivity index (χ1n) is 9.20. The van der Waals surface area contributed by atoms with Gasteiger partial charge in [0.2, 0.25) is 0 Å². The van der Waals surface area contributed by atoms with Gasteiger partial charge in [0.05, 0.1) is 30.3 Å². The van der Waals surface area contributed by atoms with E-state index in [0.29, 0.717) is 40.0 Å². The number of phenols is 1. The molecule has 0 fully saturated rings. The Balaban J connectivity index is 2.26. The van der Waals surface area contributed by atoms with E-state index in [-0.39, 0.29) is 23.7 Å². The zero-order chi connectivity index (χ0) is 21.1. The van der Waals surface area contributed by atoms with Gasteiger partial charge in [-0.25, -0.2) is 9.78 Å². The van der Waals surface area contributed by atoms with E-state index in [1.807, 2.05) is 6.26 Å². The highest BCUT2D eigenvalue weighted by atomic mass is 32.2. The summed E-state index contributed by atoms with van der Waals surface area (Å²) in [6.07, 6.45) is 1.81. The molecule has 1 atom stereocenters. The van der Waals surface area contributed by atoms with Gasteiger partial charge in [-0.1, -0.05) is 17.8 Å². The largest absolute Gasteiger partial charge is 0.504 e. The SMILES string of the molecule is CCOC(=O)C1=C(C)Nc2nc(SC)[nH]c(=O)c2C1c1ccc(O)c(OCC)c1. The Bertz CT molecular complexity index is 1030. The molecule has 2 aromatic rings. The van der Waals surface area contributed by atoms with Crippen LogP contribution in [0, 0.1) is 0 Å². The van der Waals surface area contributed by atoms with Crippen LogP contribution in [0.25, 0.3) is 0 Å². The quantitative estimate of drug-likeness (QED) is 0.373. The van der Waals surface area contributed by atoms with Crippen molar-refractivity contribution in [2.75, 3.05) is 24.8 Å². The molecule has 0 saturated heterocycles. The molecule has 1 aromatic carbocycles. The van der Waals surface area contributed by atoms with Crippen LogP contribution in [0.15, 0.2) is 39.4 Å². The summed E-state index contributed by atoms with van der Waals surface area (Å²) in [6, 6.07) is 4.77. The second-order valence-corrected chi connectivity index (χ2v) is 7.11. The highest BCUT2D eigenvalue weighted by Crippen LogP contribution is 2.42. The van der Waals surface area contributed by atoms with Crippen LogP contribution >= 0.6 is 11.8 Å². The average molecular weight is 417 g/mol. The summed E-state index contributed by atoms with van der Waals surface area (Å²) in [7, 11) is 0. The highest BCUT2D eigenvalue weighted by molar-refractivity contribution is 7.98. The van der Waals surface area contributed by atoms with E-state index in [0.717, 1.165) is 0 Å². The summed E-state index contributed by atoms with van der Waals surface area (Å²) in [5.41, 5.74) is 1.44. The number of aromatic nitrogens is 2. The molecule has 1 aliphatic rings. The lowest BCUT2D eigenvalue weighted by Gasteiger charge is -2.29. The number of thioether (sulfide) groups is 1. The number of hydrogen-bond acceptors (Lipinski definition) is 8. The van der Waals surface area contributed by atoms with Crippen LogP contribution in [-0.4, -0.2) is 40.5 Å². The van der Waals surface area contributed by atoms with Gasteiger partial charge in [0.25, 0.3) is 5.56 Å². The van der Waals surface area contributed by atoms with Crippen LogP contribution in [-0.2, 0) is 9.53 Å². The van der Waals surface area contributed by atoms with E-state index in [1.165, 1.54) is 17.8 Å². The van der Waals surface area contributed by atoms with E-state index in [2.05, 4.69) is 15.3 Å². The molecule has 1 unspecified atom stereocenters. The van der Waals surface area contributed by atoms with Crippen molar-refractivity contribution in [1.82, 2.24) is 9.97 Å². The maximum atomic E-state index is 12.9. The fraction of sp³-hybridized carbons (Fsp3) is 0.350. The summed E-state index contributed by atoms with van der Waals surface area (Å²) < 4.78 is 10.7. The fourth-order valence-corrected chi connectivity index (χ4v) is 3.70. The van der Waals surface area contributed by atoms with Crippen molar-refractivity contribution in [2.24, 2.45) is 0 Å². The van der Waals surface area contributed by atoms with Crippen LogP contribution in [0.2, 0.25) is 0 Å². The lowest BCUT2D eigenvalue weighted by atomic mass is 9.82. The summed E-state index contributed by atoms with van der Waals surface area (Å²) >= 11 is 1.31. The third-order valence-electron chi connectivity index (χ3n) is 4.53. The summed E-state index contributed by atoms with van der Waals surface area (Å²) in [5.74, 6) is -0.603. The van der Waals surface area contributed by atoms with Crippen molar-refractivity contribution in [3.63, 3.8) is 0 Å². The Hall–Kier alpha value is -2.94.